The minimum absolute atomic E-state index is 0.0533. The van der Waals surface area contributed by atoms with Crippen LogP contribution in [0.2, 0.25) is 0 Å². The summed E-state index contributed by atoms with van der Waals surface area (Å²) in [6.07, 6.45) is 3.56. The molecule has 1 aromatic rings. The molecule has 0 saturated carbocycles. The standard InChI is InChI=1S/C19H27NO4/c1-14-4-3-5-17(15(14)2)23-13-18(21)20-16-6-9-24-19(12-16)7-10-22-11-8-19/h3-5,16H,6-13H2,1-2H3,(H,20,21). The summed E-state index contributed by atoms with van der Waals surface area (Å²) in [5.41, 5.74) is 2.14. The molecule has 2 saturated heterocycles. The Morgan fingerprint density at radius 1 is 1.29 bits per heavy atom. The van der Waals surface area contributed by atoms with Gasteiger partial charge in [0.15, 0.2) is 6.61 Å². The van der Waals surface area contributed by atoms with E-state index in [1.807, 2.05) is 32.0 Å². The fourth-order valence-corrected chi connectivity index (χ4v) is 3.54. The van der Waals surface area contributed by atoms with E-state index in [1.54, 1.807) is 0 Å². The molecule has 2 fully saturated rings. The zero-order valence-electron chi connectivity index (χ0n) is 14.6. The summed E-state index contributed by atoms with van der Waals surface area (Å²) >= 11 is 0. The molecule has 0 radical (unpaired) electrons. The lowest BCUT2D eigenvalue weighted by Crippen LogP contribution is -2.51. The quantitative estimate of drug-likeness (QED) is 0.920. The van der Waals surface area contributed by atoms with Crippen LogP contribution in [-0.4, -0.2) is 44.0 Å². The van der Waals surface area contributed by atoms with Crippen LogP contribution in [0.15, 0.2) is 18.2 Å². The lowest BCUT2D eigenvalue weighted by Gasteiger charge is -2.43. The van der Waals surface area contributed by atoms with Crippen LogP contribution in [0, 0.1) is 13.8 Å². The van der Waals surface area contributed by atoms with Crippen molar-refractivity contribution in [1.29, 1.82) is 0 Å². The van der Waals surface area contributed by atoms with Crippen molar-refractivity contribution in [2.45, 2.75) is 51.2 Å². The van der Waals surface area contributed by atoms with Gasteiger partial charge in [-0.2, -0.15) is 0 Å². The minimum Gasteiger partial charge on any atom is -0.483 e. The highest BCUT2D eigenvalue weighted by molar-refractivity contribution is 5.77. The van der Waals surface area contributed by atoms with E-state index in [1.165, 1.54) is 5.56 Å². The lowest BCUT2D eigenvalue weighted by atomic mass is 9.84. The van der Waals surface area contributed by atoms with Gasteiger partial charge in [0, 0.05) is 25.9 Å². The fraction of sp³-hybridized carbons (Fsp3) is 0.632. The van der Waals surface area contributed by atoms with E-state index in [0.29, 0.717) is 6.61 Å². The summed E-state index contributed by atoms with van der Waals surface area (Å²) in [5, 5.41) is 3.11. The first-order valence-electron chi connectivity index (χ1n) is 8.78. The third-order valence-electron chi connectivity index (χ3n) is 5.18. The summed E-state index contributed by atoms with van der Waals surface area (Å²) in [7, 11) is 0. The zero-order chi connectivity index (χ0) is 17.0. The highest BCUT2D eigenvalue weighted by Crippen LogP contribution is 2.34. The van der Waals surface area contributed by atoms with E-state index in [9.17, 15) is 4.79 Å². The maximum atomic E-state index is 12.3. The van der Waals surface area contributed by atoms with Crippen molar-refractivity contribution in [2.24, 2.45) is 0 Å². The molecule has 24 heavy (non-hydrogen) atoms. The average molecular weight is 333 g/mol. The summed E-state index contributed by atoms with van der Waals surface area (Å²) in [6, 6.07) is 6.05. The largest absolute Gasteiger partial charge is 0.483 e. The molecule has 1 unspecified atom stereocenters. The maximum absolute atomic E-state index is 12.3. The minimum atomic E-state index is -0.109. The number of hydrogen-bond acceptors (Lipinski definition) is 4. The summed E-state index contributed by atoms with van der Waals surface area (Å²) in [5.74, 6) is 0.711. The second-order valence-electron chi connectivity index (χ2n) is 6.89. The van der Waals surface area contributed by atoms with E-state index in [4.69, 9.17) is 14.2 Å². The molecule has 2 heterocycles. The Kier molecular flexibility index (Phi) is 5.41. The van der Waals surface area contributed by atoms with Gasteiger partial charge in [0.25, 0.3) is 5.91 Å². The lowest BCUT2D eigenvalue weighted by molar-refractivity contribution is -0.144. The molecule has 0 aliphatic carbocycles. The van der Waals surface area contributed by atoms with Gasteiger partial charge in [0.1, 0.15) is 5.75 Å². The van der Waals surface area contributed by atoms with Crippen molar-refractivity contribution < 1.29 is 19.0 Å². The molecular weight excluding hydrogens is 306 g/mol. The normalized spacial score (nSPS) is 23.0. The Morgan fingerprint density at radius 2 is 2.08 bits per heavy atom. The number of hydrogen-bond donors (Lipinski definition) is 1. The molecule has 2 aliphatic heterocycles. The van der Waals surface area contributed by atoms with Crippen LogP contribution in [0.1, 0.15) is 36.8 Å². The van der Waals surface area contributed by atoms with Gasteiger partial charge in [0.05, 0.1) is 5.60 Å². The Bertz CT molecular complexity index is 575. The van der Waals surface area contributed by atoms with Crippen molar-refractivity contribution in [3.63, 3.8) is 0 Å². The average Bonchev–Trinajstić information content (AvgIpc) is 2.57. The van der Waals surface area contributed by atoms with E-state index < -0.39 is 0 Å². The van der Waals surface area contributed by atoms with Gasteiger partial charge < -0.3 is 19.5 Å². The van der Waals surface area contributed by atoms with Crippen molar-refractivity contribution in [3.8, 4) is 5.75 Å². The number of amides is 1. The first kappa shape index (κ1) is 17.2. The van der Waals surface area contributed by atoms with E-state index in [0.717, 1.165) is 50.2 Å². The Hall–Kier alpha value is -1.59. The number of carbonyl (C=O) groups is 1. The van der Waals surface area contributed by atoms with Gasteiger partial charge in [0.2, 0.25) is 0 Å². The highest BCUT2D eigenvalue weighted by Gasteiger charge is 2.39. The number of rotatable bonds is 4. The molecular formula is C19H27NO4. The first-order valence-corrected chi connectivity index (χ1v) is 8.78. The maximum Gasteiger partial charge on any atom is 0.258 e. The fourth-order valence-electron chi connectivity index (χ4n) is 3.54. The Morgan fingerprint density at radius 3 is 2.88 bits per heavy atom. The molecule has 1 N–H and O–H groups in total. The van der Waals surface area contributed by atoms with E-state index in [2.05, 4.69) is 5.32 Å². The summed E-state index contributed by atoms with van der Waals surface area (Å²) in [4.78, 5) is 12.3. The molecule has 1 spiro atoms. The van der Waals surface area contributed by atoms with Crippen LogP contribution >= 0.6 is 0 Å². The molecule has 5 nitrogen and oxygen atoms in total. The molecule has 0 aromatic heterocycles. The summed E-state index contributed by atoms with van der Waals surface area (Å²) < 4.78 is 17.1. The zero-order valence-corrected chi connectivity index (χ0v) is 14.6. The monoisotopic (exact) mass is 333 g/mol. The number of benzene rings is 1. The van der Waals surface area contributed by atoms with Crippen LogP contribution < -0.4 is 10.1 Å². The predicted octanol–water partition coefficient (Wildman–Crippen LogP) is 2.53. The topological polar surface area (TPSA) is 56.8 Å². The van der Waals surface area contributed by atoms with Gasteiger partial charge in [-0.1, -0.05) is 12.1 Å². The van der Waals surface area contributed by atoms with Gasteiger partial charge >= 0.3 is 0 Å². The smallest absolute Gasteiger partial charge is 0.258 e. The van der Waals surface area contributed by atoms with Crippen LogP contribution in [0.4, 0.5) is 0 Å². The van der Waals surface area contributed by atoms with Crippen LogP contribution in [0.25, 0.3) is 0 Å². The molecule has 3 rings (SSSR count). The molecule has 1 aromatic carbocycles. The van der Waals surface area contributed by atoms with Crippen molar-refractivity contribution in [3.05, 3.63) is 29.3 Å². The molecule has 2 aliphatic rings. The van der Waals surface area contributed by atoms with Gasteiger partial charge in [-0.05, 0) is 56.7 Å². The van der Waals surface area contributed by atoms with Gasteiger partial charge in [-0.3, -0.25) is 4.79 Å². The van der Waals surface area contributed by atoms with Crippen LogP contribution in [0.5, 0.6) is 5.75 Å². The second-order valence-corrected chi connectivity index (χ2v) is 6.89. The third-order valence-corrected chi connectivity index (χ3v) is 5.18. The molecule has 1 atom stereocenters. The number of nitrogens with one attached hydrogen (secondary N) is 1. The predicted molar refractivity (Wildman–Crippen MR) is 91.3 cm³/mol. The number of aryl methyl sites for hydroxylation is 1. The van der Waals surface area contributed by atoms with Crippen molar-refractivity contribution >= 4 is 5.91 Å². The van der Waals surface area contributed by atoms with Crippen LogP contribution in [-0.2, 0) is 14.3 Å². The molecule has 0 bridgehead atoms. The molecule has 1 amide bonds. The number of carbonyl (C=O) groups excluding carboxylic acids is 1. The highest BCUT2D eigenvalue weighted by atomic mass is 16.5. The SMILES string of the molecule is Cc1cccc(OCC(=O)NC2CCOC3(CCOCC3)C2)c1C. The second kappa shape index (κ2) is 7.53. The van der Waals surface area contributed by atoms with Crippen molar-refractivity contribution in [1.82, 2.24) is 5.32 Å². The number of ether oxygens (including phenoxy) is 3. The third kappa shape index (κ3) is 4.08. The molecule has 5 heteroatoms. The van der Waals surface area contributed by atoms with Crippen molar-refractivity contribution in [2.75, 3.05) is 26.4 Å². The first-order chi connectivity index (χ1) is 11.6. The van der Waals surface area contributed by atoms with E-state index >= 15 is 0 Å². The van der Waals surface area contributed by atoms with Crippen LogP contribution in [0.3, 0.4) is 0 Å². The van der Waals surface area contributed by atoms with E-state index in [-0.39, 0.29) is 24.2 Å². The summed E-state index contributed by atoms with van der Waals surface area (Å²) in [6.45, 7) is 6.29. The Balaban J connectivity index is 1.50. The Labute approximate surface area is 143 Å². The van der Waals surface area contributed by atoms with Gasteiger partial charge in [-0.15, -0.1) is 0 Å². The van der Waals surface area contributed by atoms with Gasteiger partial charge in [-0.25, -0.2) is 0 Å². The molecule has 132 valence electrons.